The zero-order valence-electron chi connectivity index (χ0n) is 15.8. The van der Waals surface area contributed by atoms with Gasteiger partial charge in [0.1, 0.15) is 16.6 Å². The highest BCUT2D eigenvalue weighted by Crippen LogP contribution is 2.33. The first-order valence-electron chi connectivity index (χ1n) is 8.67. The number of hydrogen-bond donors (Lipinski definition) is 1. The number of nitriles is 1. The van der Waals surface area contributed by atoms with Crippen LogP contribution in [-0.4, -0.2) is 18.5 Å². The first kappa shape index (κ1) is 20.4. The van der Waals surface area contributed by atoms with Gasteiger partial charge in [0.25, 0.3) is 5.91 Å². The Bertz CT molecular complexity index is 920. The van der Waals surface area contributed by atoms with Crippen LogP contribution in [0.25, 0.3) is 6.08 Å². The molecular weight excluding hydrogens is 360 g/mol. The lowest BCUT2D eigenvalue weighted by Crippen LogP contribution is -2.15. The minimum atomic E-state index is -0.552. The molecule has 0 saturated carbocycles. The SMILES string of the molecule is CCOC(=O)c1cc(C(C)C)sc1NC(=O)/C(C#N)=C/c1ccccc1C. The van der Waals surface area contributed by atoms with Crippen LogP contribution in [0.4, 0.5) is 5.00 Å². The first-order valence-corrected chi connectivity index (χ1v) is 9.48. The van der Waals surface area contributed by atoms with E-state index in [2.05, 4.69) is 5.32 Å². The summed E-state index contributed by atoms with van der Waals surface area (Å²) in [6.07, 6.45) is 1.55. The Hall–Kier alpha value is -2.91. The number of esters is 1. The van der Waals surface area contributed by atoms with Crippen LogP contribution >= 0.6 is 11.3 Å². The van der Waals surface area contributed by atoms with Crippen molar-refractivity contribution in [2.24, 2.45) is 0 Å². The van der Waals surface area contributed by atoms with E-state index in [1.54, 1.807) is 19.1 Å². The average Bonchev–Trinajstić information content (AvgIpc) is 3.05. The van der Waals surface area contributed by atoms with Gasteiger partial charge >= 0.3 is 5.97 Å². The second-order valence-electron chi connectivity index (χ2n) is 6.25. The lowest BCUT2D eigenvalue weighted by atomic mass is 10.1. The second-order valence-corrected chi connectivity index (χ2v) is 7.33. The molecule has 0 aliphatic rings. The number of amides is 1. The Morgan fingerprint density at radius 2 is 2.04 bits per heavy atom. The van der Waals surface area contributed by atoms with E-state index in [4.69, 9.17) is 4.74 Å². The number of nitrogens with zero attached hydrogens (tertiary/aromatic N) is 1. The fraction of sp³-hybridized carbons (Fsp3) is 0.286. The summed E-state index contributed by atoms with van der Waals surface area (Å²) < 4.78 is 5.08. The van der Waals surface area contributed by atoms with Crippen LogP contribution in [-0.2, 0) is 9.53 Å². The van der Waals surface area contributed by atoms with Crippen LogP contribution in [0.2, 0.25) is 0 Å². The Kier molecular flexibility index (Phi) is 6.91. The lowest BCUT2D eigenvalue weighted by molar-refractivity contribution is -0.112. The molecule has 0 spiro atoms. The topological polar surface area (TPSA) is 79.2 Å². The Balaban J connectivity index is 2.34. The maximum atomic E-state index is 12.6. The maximum absolute atomic E-state index is 12.6. The molecule has 0 aliphatic heterocycles. The van der Waals surface area contributed by atoms with E-state index in [0.29, 0.717) is 10.6 Å². The number of carbonyl (C=O) groups excluding carboxylic acids is 2. The van der Waals surface area contributed by atoms with Gasteiger partial charge in [-0.05, 0) is 43.0 Å². The molecule has 2 rings (SSSR count). The van der Waals surface area contributed by atoms with Gasteiger partial charge in [-0.1, -0.05) is 38.1 Å². The number of rotatable bonds is 6. The van der Waals surface area contributed by atoms with Crippen molar-refractivity contribution in [3.05, 3.63) is 57.5 Å². The third-order valence-electron chi connectivity index (χ3n) is 3.90. The quantitative estimate of drug-likeness (QED) is 0.438. The van der Waals surface area contributed by atoms with Crippen molar-refractivity contribution in [3.8, 4) is 6.07 Å². The number of aryl methyl sites for hydroxylation is 1. The summed E-state index contributed by atoms with van der Waals surface area (Å²) in [5.74, 6) is -0.840. The minimum Gasteiger partial charge on any atom is -0.462 e. The van der Waals surface area contributed by atoms with Crippen LogP contribution in [0.1, 0.15) is 53.1 Å². The molecule has 1 amide bonds. The molecule has 0 fully saturated rings. The average molecular weight is 382 g/mol. The molecule has 0 unspecified atom stereocenters. The summed E-state index contributed by atoms with van der Waals surface area (Å²) >= 11 is 1.32. The van der Waals surface area contributed by atoms with E-state index in [0.717, 1.165) is 16.0 Å². The molecule has 140 valence electrons. The van der Waals surface area contributed by atoms with E-state index < -0.39 is 11.9 Å². The van der Waals surface area contributed by atoms with Crippen molar-refractivity contribution in [1.82, 2.24) is 0 Å². The molecular formula is C21H22N2O3S. The van der Waals surface area contributed by atoms with Gasteiger partial charge < -0.3 is 10.1 Å². The predicted molar refractivity (Wildman–Crippen MR) is 108 cm³/mol. The van der Waals surface area contributed by atoms with E-state index in [1.165, 1.54) is 11.3 Å². The molecule has 6 heteroatoms. The van der Waals surface area contributed by atoms with Gasteiger partial charge in [-0.2, -0.15) is 5.26 Å². The predicted octanol–water partition coefficient (Wildman–Crippen LogP) is 4.90. The highest BCUT2D eigenvalue weighted by molar-refractivity contribution is 7.16. The summed E-state index contributed by atoms with van der Waals surface area (Å²) in [4.78, 5) is 25.8. The molecule has 0 bridgehead atoms. The van der Waals surface area contributed by atoms with E-state index in [-0.39, 0.29) is 18.1 Å². The molecule has 5 nitrogen and oxygen atoms in total. The molecule has 2 aromatic rings. The van der Waals surface area contributed by atoms with Gasteiger partial charge in [0.05, 0.1) is 12.2 Å². The summed E-state index contributed by atoms with van der Waals surface area (Å²) in [7, 11) is 0. The highest BCUT2D eigenvalue weighted by atomic mass is 32.1. The molecule has 0 aliphatic carbocycles. The van der Waals surface area contributed by atoms with Gasteiger partial charge in [0.2, 0.25) is 0 Å². The molecule has 1 heterocycles. The molecule has 1 aromatic heterocycles. The molecule has 1 aromatic carbocycles. The number of thiophene rings is 1. The van der Waals surface area contributed by atoms with Crippen LogP contribution in [0.3, 0.4) is 0 Å². The molecule has 0 saturated heterocycles. The molecule has 0 radical (unpaired) electrons. The van der Waals surface area contributed by atoms with Gasteiger partial charge in [-0.3, -0.25) is 4.79 Å². The van der Waals surface area contributed by atoms with Crippen LogP contribution in [0, 0.1) is 18.3 Å². The van der Waals surface area contributed by atoms with Gasteiger partial charge in [-0.25, -0.2) is 4.79 Å². The largest absolute Gasteiger partial charge is 0.462 e. The normalized spacial score (nSPS) is 11.2. The van der Waals surface area contributed by atoms with Crippen molar-refractivity contribution in [2.75, 3.05) is 11.9 Å². The zero-order valence-corrected chi connectivity index (χ0v) is 16.6. The second kappa shape index (κ2) is 9.15. The number of anilines is 1. The van der Waals surface area contributed by atoms with Crippen molar-refractivity contribution in [1.29, 1.82) is 5.26 Å². The standard InChI is InChI=1S/C21H22N2O3S/c1-5-26-21(25)17-11-18(13(2)3)27-20(17)23-19(24)16(12-22)10-15-9-7-6-8-14(15)4/h6-11,13H,5H2,1-4H3,(H,23,24)/b16-10+. The fourth-order valence-corrected chi connectivity index (χ4v) is 3.42. The van der Waals surface area contributed by atoms with Crippen LogP contribution < -0.4 is 5.32 Å². The third-order valence-corrected chi connectivity index (χ3v) is 5.25. The van der Waals surface area contributed by atoms with Gasteiger partial charge in [0.15, 0.2) is 0 Å². The minimum absolute atomic E-state index is 0.0291. The number of hydrogen-bond acceptors (Lipinski definition) is 5. The zero-order chi connectivity index (χ0) is 20.0. The Morgan fingerprint density at radius 1 is 1.33 bits per heavy atom. The Morgan fingerprint density at radius 3 is 2.63 bits per heavy atom. The van der Waals surface area contributed by atoms with Crippen molar-refractivity contribution in [3.63, 3.8) is 0 Å². The van der Waals surface area contributed by atoms with Crippen molar-refractivity contribution in [2.45, 2.75) is 33.6 Å². The molecule has 0 atom stereocenters. The lowest BCUT2D eigenvalue weighted by Gasteiger charge is -2.06. The number of benzene rings is 1. The number of carbonyl (C=O) groups is 2. The summed E-state index contributed by atoms with van der Waals surface area (Å²) in [5.41, 5.74) is 2.04. The van der Waals surface area contributed by atoms with Crippen molar-refractivity contribution < 1.29 is 14.3 Å². The number of ether oxygens (including phenoxy) is 1. The monoisotopic (exact) mass is 382 g/mol. The van der Waals surface area contributed by atoms with Crippen LogP contribution in [0.5, 0.6) is 0 Å². The maximum Gasteiger partial charge on any atom is 0.341 e. The molecule has 27 heavy (non-hydrogen) atoms. The first-order chi connectivity index (χ1) is 12.9. The summed E-state index contributed by atoms with van der Waals surface area (Å²) in [5, 5.41) is 12.5. The molecule has 1 N–H and O–H groups in total. The highest BCUT2D eigenvalue weighted by Gasteiger charge is 2.21. The summed E-state index contributed by atoms with van der Waals surface area (Å²) in [6, 6.07) is 11.2. The van der Waals surface area contributed by atoms with Gasteiger partial charge in [0, 0.05) is 4.88 Å². The smallest absolute Gasteiger partial charge is 0.341 e. The Labute approximate surface area is 163 Å². The summed E-state index contributed by atoms with van der Waals surface area (Å²) in [6.45, 7) is 7.89. The van der Waals surface area contributed by atoms with Gasteiger partial charge in [-0.15, -0.1) is 11.3 Å². The van der Waals surface area contributed by atoms with Crippen molar-refractivity contribution >= 4 is 34.3 Å². The van der Waals surface area contributed by atoms with E-state index in [9.17, 15) is 14.9 Å². The fourth-order valence-electron chi connectivity index (χ4n) is 2.37. The van der Waals surface area contributed by atoms with E-state index in [1.807, 2.05) is 51.1 Å². The third kappa shape index (κ3) is 5.05. The van der Waals surface area contributed by atoms with Crippen LogP contribution in [0.15, 0.2) is 35.9 Å². The van der Waals surface area contributed by atoms with E-state index >= 15 is 0 Å². The number of nitrogens with one attached hydrogen (secondary N) is 1.